The van der Waals surface area contributed by atoms with Crippen LogP contribution in [0.15, 0.2) is 17.5 Å². The molecule has 2 bridgehead atoms. The van der Waals surface area contributed by atoms with Crippen molar-refractivity contribution in [2.24, 2.45) is 29.4 Å². The fourth-order valence-electron chi connectivity index (χ4n) is 6.08. The van der Waals surface area contributed by atoms with Gasteiger partial charge in [-0.25, -0.2) is 4.68 Å². The molecule has 2 N–H and O–H groups in total. The van der Waals surface area contributed by atoms with Crippen LogP contribution in [0.1, 0.15) is 51.5 Å². The van der Waals surface area contributed by atoms with Crippen LogP contribution >= 0.6 is 23.6 Å². The van der Waals surface area contributed by atoms with E-state index in [-0.39, 0.29) is 11.8 Å². The fraction of sp³-hybridized carbons (Fsp3) is 0.682. The molecule has 8 heteroatoms. The topological polar surface area (TPSA) is 69.1 Å². The molecule has 0 unspecified atom stereocenters. The molecular formula is C22H31N5OS2. The average Bonchev–Trinajstić information content (AvgIpc) is 3.53. The van der Waals surface area contributed by atoms with Gasteiger partial charge in [0.05, 0.1) is 11.5 Å². The van der Waals surface area contributed by atoms with Gasteiger partial charge < -0.3 is 5.73 Å². The number of aromatic nitrogens is 3. The third-order valence-electron chi connectivity index (χ3n) is 7.76. The van der Waals surface area contributed by atoms with Gasteiger partial charge in [0.2, 0.25) is 5.91 Å². The summed E-state index contributed by atoms with van der Waals surface area (Å²) in [7, 11) is 0. The second-order valence-electron chi connectivity index (χ2n) is 9.47. The number of likely N-dealkylation sites (tertiary alicyclic amines) is 1. The van der Waals surface area contributed by atoms with Gasteiger partial charge in [-0.1, -0.05) is 12.5 Å². The first-order valence-electron chi connectivity index (χ1n) is 11.3. The molecule has 162 valence electrons. The summed E-state index contributed by atoms with van der Waals surface area (Å²) in [6.07, 6.45) is 7.18. The Labute approximate surface area is 187 Å². The van der Waals surface area contributed by atoms with Crippen molar-refractivity contribution < 1.29 is 4.79 Å². The molecule has 2 aliphatic carbocycles. The Hall–Kier alpha value is -1.51. The maximum atomic E-state index is 11.5. The molecular weight excluding hydrogens is 414 g/mol. The summed E-state index contributed by atoms with van der Waals surface area (Å²) in [5, 5.41) is 7.12. The molecule has 2 saturated carbocycles. The van der Waals surface area contributed by atoms with E-state index < -0.39 is 0 Å². The standard InChI is InChI=1S/C22H31N5OS2/c1-14(18-12-15-4-5-17(18)11-15)27-21(19-3-2-10-30-19)24-26(22(27)29)13-25-8-6-16(7-9-25)20(23)28/h2-3,10,14-18H,4-9,11-13H2,1H3,(H2,23,28)/t14-,15+,17+,18-/m0/s1. The van der Waals surface area contributed by atoms with E-state index >= 15 is 0 Å². The predicted octanol–water partition coefficient (Wildman–Crippen LogP) is 4.29. The summed E-state index contributed by atoms with van der Waals surface area (Å²) in [6, 6.07) is 4.61. The number of carbonyl (C=O) groups excluding carboxylic acids is 1. The number of hydrogen-bond donors (Lipinski definition) is 1. The van der Waals surface area contributed by atoms with Crippen LogP contribution < -0.4 is 5.73 Å². The summed E-state index contributed by atoms with van der Waals surface area (Å²) in [6.45, 7) is 4.75. The maximum Gasteiger partial charge on any atom is 0.220 e. The van der Waals surface area contributed by atoms with Gasteiger partial charge in [0, 0.05) is 25.0 Å². The molecule has 4 atom stereocenters. The maximum absolute atomic E-state index is 11.5. The Bertz CT molecular complexity index is 957. The molecule has 3 fully saturated rings. The molecule has 3 aliphatic rings. The molecule has 0 spiro atoms. The molecule has 30 heavy (non-hydrogen) atoms. The number of primary amides is 1. The lowest BCUT2D eigenvalue weighted by atomic mass is 9.84. The van der Waals surface area contributed by atoms with Crippen LogP contribution in [0.5, 0.6) is 0 Å². The lowest BCUT2D eigenvalue weighted by Crippen LogP contribution is -2.39. The van der Waals surface area contributed by atoms with Crippen LogP contribution in [0.4, 0.5) is 0 Å². The Kier molecular flexibility index (Phi) is 5.58. The van der Waals surface area contributed by atoms with Gasteiger partial charge in [-0.15, -0.1) is 16.4 Å². The monoisotopic (exact) mass is 445 g/mol. The molecule has 1 amide bonds. The first kappa shape index (κ1) is 20.4. The smallest absolute Gasteiger partial charge is 0.220 e. The SMILES string of the molecule is C[C@@H]([C@@H]1C[C@@H]2CC[C@@H]1C2)n1c(-c2cccs2)nn(CN2CCC(C(N)=O)CC2)c1=S. The summed E-state index contributed by atoms with van der Waals surface area (Å²) in [5.74, 6) is 3.32. The number of nitrogens with zero attached hydrogens (tertiary/aromatic N) is 4. The third kappa shape index (κ3) is 3.67. The zero-order valence-corrected chi connectivity index (χ0v) is 19.2. The van der Waals surface area contributed by atoms with Gasteiger partial charge in [-0.2, -0.15) is 0 Å². The van der Waals surface area contributed by atoms with E-state index in [1.165, 1.54) is 30.6 Å². The number of amides is 1. The molecule has 2 aromatic rings. The van der Waals surface area contributed by atoms with E-state index in [1.54, 1.807) is 11.3 Å². The minimum atomic E-state index is -0.171. The van der Waals surface area contributed by atoms with Gasteiger partial charge in [0.25, 0.3) is 0 Å². The average molecular weight is 446 g/mol. The lowest BCUT2D eigenvalue weighted by molar-refractivity contribution is -0.123. The normalized spacial score (nSPS) is 28.2. The first-order chi connectivity index (χ1) is 14.5. The van der Waals surface area contributed by atoms with Gasteiger partial charge >= 0.3 is 0 Å². The zero-order valence-electron chi connectivity index (χ0n) is 17.6. The van der Waals surface area contributed by atoms with Gasteiger partial charge in [-0.05, 0) is 80.4 Å². The lowest BCUT2D eigenvalue weighted by Gasteiger charge is -2.30. The largest absolute Gasteiger partial charge is 0.369 e. The van der Waals surface area contributed by atoms with Crippen molar-refractivity contribution >= 4 is 29.5 Å². The van der Waals surface area contributed by atoms with E-state index in [1.807, 2.05) is 4.68 Å². The molecule has 6 nitrogen and oxygen atoms in total. The van der Waals surface area contributed by atoms with Crippen LogP contribution in [-0.4, -0.2) is 38.2 Å². The fourth-order valence-corrected chi connectivity index (χ4v) is 7.13. The minimum absolute atomic E-state index is 0.00581. The molecule has 3 heterocycles. The molecule has 0 aromatic carbocycles. The number of fused-ring (bicyclic) bond motifs is 2. The van der Waals surface area contributed by atoms with Crippen molar-refractivity contribution in [2.45, 2.75) is 58.2 Å². The van der Waals surface area contributed by atoms with E-state index in [4.69, 9.17) is 23.1 Å². The Morgan fingerprint density at radius 1 is 1.30 bits per heavy atom. The predicted molar refractivity (Wildman–Crippen MR) is 122 cm³/mol. The van der Waals surface area contributed by atoms with E-state index in [2.05, 4.69) is 33.9 Å². The summed E-state index contributed by atoms with van der Waals surface area (Å²) < 4.78 is 5.16. The quantitative estimate of drug-likeness (QED) is 0.673. The van der Waals surface area contributed by atoms with Gasteiger partial charge in [0.1, 0.15) is 0 Å². The Morgan fingerprint density at radius 3 is 2.70 bits per heavy atom. The molecule has 1 saturated heterocycles. The van der Waals surface area contributed by atoms with Crippen molar-refractivity contribution in [2.75, 3.05) is 13.1 Å². The highest BCUT2D eigenvalue weighted by atomic mass is 32.1. The van der Waals surface area contributed by atoms with Crippen LogP contribution in [0.3, 0.4) is 0 Å². The molecule has 1 aliphatic heterocycles. The van der Waals surface area contributed by atoms with E-state index in [9.17, 15) is 4.79 Å². The number of thiophene rings is 1. The van der Waals surface area contributed by atoms with E-state index in [0.29, 0.717) is 18.6 Å². The van der Waals surface area contributed by atoms with Crippen LogP contribution in [0.2, 0.25) is 0 Å². The van der Waals surface area contributed by atoms with Crippen molar-refractivity contribution in [3.05, 3.63) is 22.3 Å². The van der Waals surface area contributed by atoms with Crippen LogP contribution in [0, 0.1) is 28.4 Å². The Balaban J connectivity index is 1.41. The first-order valence-corrected chi connectivity index (χ1v) is 12.5. The highest BCUT2D eigenvalue weighted by Crippen LogP contribution is 2.52. The Morgan fingerprint density at radius 2 is 2.10 bits per heavy atom. The second kappa shape index (κ2) is 8.20. The van der Waals surface area contributed by atoms with E-state index in [0.717, 1.165) is 48.4 Å². The van der Waals surface area contributed by atoms with Crippen molar-refractivity contribution in [1.29, 1.82) is 0 Å². The highest BCUT2D eigenvalue weighted by Gasteiger charge is 2.43. The number of hydrogen-bond acceptors (Lipinski definition) is 5. The summed E-state index contributed by atoms with van der Waals surface area (Å²) in [4.78, 5) is 15.0. The van der Waals surface area contributed by atoms with Crippen molar-refractivity contribution in [1.82, 2.24) is 19.2 Å². The van der Waals surface area contributed by atoms with Crippen molar-refractivity contribution in [3.8, 4) is 10.7 Å². The molecule has 0 radical (unpaired) electrons. The summed E-state index contributed by atoms with van der Waals surface area (Å²) >= 11 is 7.71. The number of carbonyl (C=O) groups is 1. The van der Waals surface area contributed by atoms with Gasteiger partial charge in [-0.3, -0.25) is 14.3 Å². The molecule has 5 rings (SSSR count). The number of rotatable bonds is 6. The molecule has 2 aromatic heterocycles. The summed E-state index contributed by atoms with van der Waals surface area (Å²) in [5.41, 5.74) is 5.49. The van der Waals surface area contributed by atoms with Crippen LogP contribution in [0.25, 0.3) is 10.7 Å². The van der Waals surface area contributed by atoms with Crippen molar-refractivity contribution in [3.63, 3.8) is 0 Å². The number of piperidine rings is 1. The van der Waals surface area contributed by atoms with Gasteiger partial charge in [0.15, 0.2) is 10.6 Å². The van der Waals surface area contributed by atoms with Crippen LogP contribution in [-0.2, 0) is 11.5 Å². The zero-order chi connectivity index (χ0) is 20.8. The highest BCUT2D eigenvalue weighted by molar-refractivity contribution is 7.71. The third-order valence-corrected chi connectivity index (χ3v) is 9.03. The number of nitrogens with two attached hydrogens (primary N) is 1. The minimum Gasteiger partial charge on any atom is -0.369 e. The second-order valence-corrected chi connectivity index (χ2v) is 10.8.